The van der Waals surface area contributed by atoms with Gasteiger partial charge in [0.2, 0.25) is 0 Å². The molecule has 0 fully saturated rings. The van der Waals surface area contributed by atoms with Gasteiger partial charge in [-0.05, 0) is 18.9 Å². The van der Waals surface area contributed by atoms with Gasteiger partial charge in [0.25, 0.3) is 5.91 Å². The Kier molecular flexibility index (Phi) is 3.85. The maximum atomic E-state index is 12.0. The summed E-state index contributed by atoms with van der Waals surface area (Å²) in [7, 11) is 1.78. The fourth-order valence-corrected chi connectivity index (χ4v) is 1.95. The molecule has 0 saturated carbocycles. The van der Waals surface area contributed by atoms with Gasteiger partial charge in [-0.25, -0.2) is 4.98 Å². The minimum atomic E-state index is -0.184. The zero-order chi connectivity index (χ0) is 13.8. The number of imidazole rings is 1. The maximum Gasteiger partial charge on any atom is 0.271 e. The van der Waals surface area contributed by atoms with E-state index in [2.05, 4.69) is 10.3 Å². The lowest BCUT2D eigenvalue weighted by Gasteiger charge is -2.07. The van der Waals surface area contributed by atoms with Crippen LogP contribution in [0.3, 0.4) is 0 Å². The number of aromatic nitrogens is 2. The number of nitrogens with one attached hydrogen (secondary N) is 1. The van der Waals surface area contributed by atoms with Gasteiger partial charge in [0.15, 0.2) is 11.5 Å². The molecule has 1 amide bonds. The van der Waals surface area contributed by atoms with Crippen LogP contribution in [0.1, 0.15) is 21.9 Å². The van der Waals surface area contributed by atoms with Crippen LogP contribution in [0.4, 0.5) is 5.82 Å². The first-order valence-corrected chi connectivity index (χ1v) is 6.20. The number of nitrogens with two attached hydrogens (primary N) is 1. The van der Waals surface area contributed by atoms with Gasteiger partial charge in [0.05, 0.1) is 0 Å². The average molecular weight is 258 g/mol. The predicted octanol–water partition coefficient (Wildman–Crippen LogP) is 1.28. The second-order valence-corrected chi connectivity index (χ2v) is 4.44. The number of hydrogen-bond donors (Lipinski definition) is 2. The van der Waals surface area contributed by atoms with Crippen molar-refractivity contribution < 1.29 is 4.79 Å². The van der Waals surface area contributed by atoms with Gasteiger partial charge >= 0.3 is 0 Å². The molecule has 0 saturated heterocycles. The Bertz CT molecular complexity index is 575. The second kappa shape index (κ2) is 5.56. The number of anilines is 1. The van der Waals surface area contributed by atoms with Crippen molar-refractivity contribution in [2.24, 2.45) is 7.05 Å². The number of aryl methyl sites for hydroxylation is 1. The molecule has 1 aromatic carbocycles. The molecule has 0 aliphatic rings. The molecule has 5 heteroatoms. The number of hydrogen-bond acceptors (Lipinski definition) is 3. The third-order valence-corrected chi connectivity index (χ3v) is 3.10. The lowest BCUT2D eigenvalue weighted by Crippen LogP contribution is -2.28. The van der Waals surface area contributed by atoms with Crippen molar-refractivity contribution in [3.05, 3.63) is 47.4 Å². The predicted molar refractivity (Wildman–Crippen MR) is 74.8 cm³/mol. The van der Waals surface area contributed by atoms with Gasteiger partial charge in [-0.2, -0.15) is 0 Å². The fraction of sp³-hybridized carbons (Fsp3) is 0.286. The second-order valence-electron chi connectivity index (χ2n) is 4.44. The quantitative estimate of drug-likeness (QED) is 0.867. The minimum absolute atomic E-state index is 0.184. The van der Waals surface area contributed by atoms with Crippen molar-refractivity contribution in [1.29, 1.82) is 0 Å². The fourth-order valence-electron chi connectivity index (χ4n) is 1.95. The topological polar surface area (TPSA) is 72.9 Å². The highest BCUT2D eigenvalue weighted by Gasteiger charge is 2.16. The SMILES string of the molecule is Cc1nc(N)c(C(=O)NCCc2ccccc2)n1C. The zero-order valence-electron chi connectivity index (χ0n) is 11.2. The maximum absolute atomic E-state index is 12.0. The van der Waals surface area contributed by atoms with Gasteiger partial charge in [-0.1, -0.05) is 30.3 Å². The van der Waals surface area contributed by atoms with E-state index < -0.39 is 0 Å². The van der Waals surface area contributed by atoms with Crippen LogP contribution in [-0.4, -0.2) is 22.0 Å². The highest BCUT2D eigenvalue weighted by Crippen LogP contribution is 2.11. The minimum Gasteiger partial charge on any atom is -0.382 e. The molecule has 0 aliphatic heterocycles. The first kappa shape index (κ1) is 13.1. The number of carbonyl (C=O) groups is 1. The number of nitrogens with zero attached hydrogens (tertiary/aromatic N) is 2. The summed E-state index contributed by atoms with van der Waals surface area (Å²) in [5.74, 6) is 0.819. The largest absolute Gasteiger partial charge is 0.382 e. The molecule has 2 aromatic rings. The van der Waals surface area contributed by atoms with Crippen molar-refractivity contribution in [1.82, 2.24) is 14.9 Å². The molecule has 3 N–H and O–H groups in total. The number of carbonyl (C=O) groups excluding carboxylic acids is 1. The van der Waals surface area contributed by atoms with E-state index in [0.717, 1.165) is 12.2 Å². The van der Waals surface area contributed by atoms with Crippen molar-refractivity contribution in [3.63, 3.8) is 0 Å². The Labute approximate surface area is 112 Å². The Morgan fingerprint density at radius 1 is 1.37 bits per heavy atom. The van der Waals surface area contributed by atoms with E-state index in [1.807, 2.05) is 37.3 Å². The van der Waals surface area contributed by atoms with E-state index in [4.69, 9.17) is 5.73 Å². The van der Waals surface area contributed by atoms with E-state index in [9.17, 15) is 4.79 Å². The highest BCUT2D eigenvalue weighted by atomic mass is 16.2. The van der Waals surface area contributed by atoms with Gasteiger partial charge in [-0.15, -0.1) is 0 Å². The number of benzene rings is 1. The van der Waals surface area contributed by atoms with Gasteiger partial charge in [-0.3, -0.25) is 4.79 Å². The van der Waals surface area contributed by atoms with E-state index in [1.54, 1.807) is 11.6 Å². The monoisotopic (exact) mass is 258 g/mol. The van der Waals surface area contributed by atoms with Crippen LogP contribution in [0, 0.1) is 6.92 Å². The first-order valence-electron chi connectivity index (χ1n) is 6.20. The Morgan fingerprint density at radius 2 is 2.05 bits per heavy atom. The van der Waals surface area contributed by atoms with Crippen molar-refractivity contribution in [3.8, 4) is 0 Å². The molecule has 19 heavy (non-hydrogen) atoms. The molecular formula is C14H18N4O. The molecular weight excluding hydrogens is 240 g/mol. The van der Waals surface area contributed by atoms with Crippen LogP contribution in [0.2, 0.25) is 0 Å². The third kappa shape index (κ3) is 2.93. The third-order valence-electron chi connectivity index (χ3n) is 3.10. The molecule has 5 nitrogen and oxygen atoms in total. The summed E-state index contributed by atoms with van der Waals surface area (Å²) in [6.45, 7) is 2.39. The zero-order valence-corrected chi connectivity index (χ0v) is 11.2. The highest BCUT2D eigenvalue weighted by molar-refractivity contribution is 5.96. The van der Waals surface area contributed by atoms with Crippen LogP contribution >= 0.6 is 0 Å². The summed E-state index contributed by atoms with van der Waals surface area (Å²) < 4.78 is 1.70. The molecule has 0 spiro atoms. The number of amides is 1. The van der Waals surface area contributed by atoms with Crippen molar-refractivity contribution >= 4 is 11.7 Å². The van der Waals surface area contributed by atoms with Crippen LogP contribution in [0.5, 0.6) is 0 Å². The van der Waals surface area contributed by atoms with Crippen LogP contribution in [-0.2, 0) is 13.5 Å². The average Bonchev–Trinajstić information content (AvgIpc) is 2.64. The summed E-state index contributed by atoms with van der Waals surface area (Å²) in [6, 6.07) is 10.0. The molecule has 1 heterocycles. The van der Waals surface area contributed by atoms with Crippen LogP contribution in [0.15, 0.2) is 30.3 Å². The Morgan fingerprint density at radius 3 is 2.63 bits per heavy atom. The van der Waals surface area contributed by atoms with Gasteiger partial charge in [0.1, 0.15) is 5.82 Å². The summed E-state index contributed by atoms with van der Waals surface area (Å²) in [5.41, 5.74) is 7.35. The molecule has 0 unspecified atom stereocenters. The summed E-state index contributed by atoms with van der Waals surface area (Å²) in [5, 5.41) is 2.86. The molecule has 0 aliphatic carbocycles. The molecule has 100 valence electrons. The summed E-state index contributed by atoms with van der Waals surface area (Å²) in [4.78, 5) is 16.1. The molecule has 0 atom stereocenters. The molecule has 0 bridgehead atoms. The standard InChI is InChI=1S/C14H18N4O/c1-10-17-13(15)12(18(10)2)14(19)16-9-8-11-6-4-3-5-7-11/h3-7H,8-9,15H2,1-2H3,(H,16,19). The molecule has 0 radical (unpaired) electrons. The first-order chi connectivity index (χ1) is 9.09. The van der Waals surface area contributed by atoms with Gasteiger partial charge in [0, 0.05) is 13.6 Å². The molecule has 1 aromatic heterocycles. The van der Waals surface area contributed by atoms with E-state index in [0.29, 0.717) is 12.2 Å². The summed E-state index contributed by atoms with van der Waals surface area (Å²) in [6.07, 6.45) is 0.795. The smallest absolute Gasteiger partial charge is 0.271 e. The Balaban J connectivity index is 1.95. The molecule has 2 rings (SSSR count). The van der Waals surface area contributed by atoms with E-state index in [1.165, 1.54) is 5.56 Å². The van der Waals surface area contributed by atoms with E-state index in [-0.39, 0.29) is 11.7 Å². The van der Waals surface area contributed by atoms with E-state index >= 15 is 0 Å². The normalized spacial score (nSPS) is 10.4. The van der Waals surface area contributed by atoms with Gasteiger partial charge < -0.3 is 15.6 Å². The summed E-state index contributed by atoms with van der Waals surface area (Å²) >= 11 is 0. The van der Waals surface area contributed by atoms with Crippen molar-refractivity contribution in [2.75, 3.05) is 12.3 Å². The number of rotatable bonds is 4. The lowest BCUT2D eigenvalue weighted by atomic mass is 10.1. The Hall–Kier alpha value is -2.30. The van der Waals surface area contributed by atoms with Crippen molar-refractivity contribution in [2.45, 2.75) is 13.3 Å². The van der Waals surface area contributed by atoms with Crippen LogP contribution in [0.25, 0.3) is 0 Å². The number of nitrogen functional groups attached to an aromatic ring is 1. The van der Waals surface area contributed by atoms with Crippen LogP contribution < -0.4 is 11.1 Å². The lowest BCUT2D eigenvalue weighted by molar-refractivity contribution is 0.0947.